The van der Waals surface area contributed by atoms with Crippen molar-refractivity contribution in [2.24, 2.45) is 0 Å². The smallest absolute Gasteiger partial charge is 0.162 e. The summed E-state index contributed by atoms with van der Waals surface area (Å²) in [5.41, 5.74) is 1.03. The van der Waals surface area contributed by atoms with Crippen LogP contribution >= 0.6 is 15.9 Å². The average molecular weight is 253 g/mol. The third-order valence-electron chi connectivity index (χ3n) is 2.10. The van der Waals surface area contributed by atoms with E-state index in [-0.39, 0.29) is 11.9 Å². The zero-order valence-corrected chi connectivity index (χ0v) is 9.03. The van der Waals surface area contributed by atoms with Crippen molar-refractivity contribution in [2.45, 2.75) is 12.5 Å². The second-order valence-corrected chi connectivity index (χ2v) is 4.07. The van der Waals surface area contributed by atoms with Gasteiger partial charge in [0.2, 0.25) is 0 Å². The highest BCUT2D eigenvalue weighted by atomic mass is 79.9. The average Bonchev–Trinajstić information content (AvgIpc) is 2.18. The standard InChI is InChI=1S/C11H9BrO2/c12-9-3-1-2-8(6-9)11-7-10(13)4-5-14-11/h1-6,11H,7H2. The third kappa shape index (κ3) is 2.04. The minimum absolute atomic E-state index is 0.112. The van der Waals surface area contributed by atoms with Gasteiger partial charge in [0.1, 0.15) is 6.10 Å². The number of carbonyl (C=O) groups is 1. The predicted octanol–water partition coefficient (Wildman–Crippen LogP) is 2.99. The molecule has 1 aromatic rings. The van der Waals surface area contributed by atoms with Gasteiger partial charge in [-0.05, 0) is 17.7 Å². The molecule has 2 nitrogen and oxygen atoms in total. The molecular weight excluding hydrogens is 244 g/mol. The molecule has 1 atom stereocenters. The molecule has 72 valence electrons. The second kappa shape index (κ2) is 3.96. The first-order chi connectivity index (χ1) is 6.75. The number of rotatable bonds is 1. The number of ether oxygens (including phenoxy) is 1. The summed E-state index contributed by atoms with van der Waals surface area (Å²) in [6.45, 7) is 0. The summed E-state index contributed by atoms with van der Waals surface area (Å²) in [5.74, 6) is 0.112. The van der Waals surface area contributed by atoms with E-state index in [0.29, 0.717) is 6.42 Å². The Morgan fingerprint density at radius 1 is 1.43 bits per heavy atom. The molecule has 0 spiro atoms. The van der Waals surface area contributed by atoms with Crippen LogP contribution in [0.3, 0.4) is 0 Å². The van der Waals surface area contributed by atoms with E-state index in [1.807, 2.05) is 24.3 Å². The molecule has 14 heavy (non-hydrogen) atoms. The van der Waals surface area contributed by atoms with Gasteiger partial charge in [-0.15, -0.1) is 0 Å². The molecule has 0 saturated carbocycles. The molecule has 1 aliphatic heterocycles. The van der Waals surface area contributed by atoms with Crippen LogP contribution in [0.15, 0.2) is 41.1 Å². The van der Waals surface area contributed by atoms with Gasteiger partial charge in [0.15, 0.2) is 5.78 Å². The van der Waals surface area contributed by atoms with E-state index in [2.05, 4.69) is 15.9 Å². The lowest BCUT2D eigenvalue weighted by molar-refractivity contribution is -0.118. The first kappa shape index (κ1) is 9.46. The van der Waals surface area contributed by atoms with Crippen molar-refractivity contribution >= 4 is 21.7 Å². The summed E-state index contributed by atoms with van der Waals surface area (Å²) in [4.78, 5) is 11.2. The summed E-state index contributed by atoms with van der Waals surface area (Å²) in [6, 6.07) is 7.81. The number of carbonyl (C=O) groups excluding carboxylic acids is 1. The molecule has 0 radical (unpaired) electrons. The molecule has 0 amide bonds. The number of hydrogen-bond donors (Lipinski definition) is 0. The lowest BCUT2D eigenvalue weighted by Gasteiger charge is -2.18. The predicted molar refractivity (Wildman–Crippen MR) is 56.7 cm³/mol. The minimum Gasteiger partial charge on any atom is -0.493 e. The molecule has 1 aliphatic rings. The first-order valence-corrected chi connectivity index (χ1v) is 5.15. The van der Waals surface area contributed by atoms with Gasteiger partial charge in [0, 0.05) is 10.5 Å². The number of hydrogen-bond acceptors (Lipinski definition) is 2. The number of halogens is 1. The van der Waals surface area contributed by atoms with Crippen LogP contribution in [0, 0.1) is 0 Å². The highest BCUT2D eigenvalue weighted by Gasteiger charge is 2.18. The summed E-state index contributed by atoms with van der Waals surface area (Å²) in [7, 11) is 0. The van der Waals surface area contributed by atoms with Crippen LogP contribution in [0.2, 0.25) is 0 Å². The zero-order chi connectivity index (χ0) is 9.97. The van der Waals surface area contributed by atoms with Crippen molar-refractivity contribution in [1.29, 1.82) is 0 Å². The molecule has 1 heterocycles. The van der Waals surface area contributed by atoms with E-state index in [9.17, 15) is 4.79 Å². The van der Waals surface area contributed by atoms with E-state index >= 15 is 0 Å². The van der Waals surface area contributed by atoms with Crippen LogP contribution in [0.5, 0.6) is 0 Å². The van der Waals surface area contributed by atoms with Gasteiger partial charge in [-0.1, -0.05) is 28.1 Å². The fraction of sp³-hybridized carbons (Fsp3) is 0.182. The van der Waals surface area contributed by atoms with Crippen LogP contribution in [0.1, 0.15) is 18.1 Å². The highest BCUT2D eigenvalue weighted by Crippen LogP contribution is 2.26. The van der Waals surface area contributed by atoms with E-state index in [0.717, 1.165) is 10.0 Å². The number of benzene rings is 1. The Hall–Kier alpha value is -1.09. The second-order valence-electron chi connectivity index (χ2n) is 3.15. The van der Waals surface area contributed by atoms with E-state index in [1.165, 1.54) is 12.3 Å². The van der Waals surface area contributed by atoms with Gasteiger partial charge in [0.05, 0.1) is 12.7 Å². The van der Waals surface area contributed by atoms with Crippen LogP contribution in [0.4, 0.5) is 0 Å². The molecule has 1 unspecified atom stereocenters. The Morgan fingerprint density at radius 2 is 2.29 bits per heavy atom. The van der Waals surface area contributed by atoms with Gasteiger partial charge in [-0.2, -0.15) is 0 Å². The molecule has 1 aromatic carbocycles. The molecule has 3 heteroatoms. The van der Waals surface area contributed by atoms with Gasteiger partial charge >= 0.3 is 0 Å². The Morgan fingerprint density at radius 3 is 3.00 bits per heavy atom. The Kier molecular flexibility index (Phi) is 2.68. The van der Waals surface area contributed by atoms with Crippen molar-refractivity contribution in [3.63, 3.8) is 0 Å². The minimum atomic E-state index is -0.134. The largest absolute Gasteiger partial charge is 0.493 e. The first-order valence-electron chi connectivity index (χ1n) is 4.36. The lowest BCUT2D eigenvalue weighted by atomic mass is 10.0. The Balaban J connectivity index is 2.23. The van der Waals surface area contributed by atoms with E-state index in [1.54, 1.807) is 0 Å². The summed E-state index contributed by atoms with van der Waals surface area (Å²) >= 11 is 3.39. The van der Waals surface area contributed by atoms with Crippen molar-refractivity contribution in [3.8, 4) is 0 Å². The van der Waals surface area contributed by atoms with Crippen LogP contribution < -0.4 is 0 Å². The van der Waals surface area contributed by atoms with E-state index in [4.69, 9.17) is 4.74 Å². The number of ketones is 1. The van der Waals surface area contributed by atoms with Gasteiger partial charge in [-0.25, -0.2) is 0 Å². The Bertz CT molecular complexity index is 385. The maximum Gasteiger partial charge on any atom is 0.162 e. The molecule has 0 bridgehead atoms. The Labute approximate surface area is 90.7 Å². The third-order valence-corrected chi connectivity index (χ3v) is 2.60. The quantitative estimate of drug-likeness (QED) is 0.769. The molecule has 0 fully saturated rings. The SMILES string of the molecule is O=C1C=COC(c2cccc(Br)c2)C1. The summed E-state index contributed by atoms with van der Waals surface area (Å²) < 4.78 is 6.37. The van der Waals surface area contributed by atoms with E-state index < -0.39 is 0 Å². The zero-order valence-electron chi connectivity index (χ0n) is 7.44. The highest BCUT2D eigenvalue weighted by molar-refractivity contribution is 9.10. The maximum absolute atomic E-state index is 11.2. The van der Waals surface area contributed by atoms with Crippen molar-refractivity contribution < 1.29 is 9.53 Å². The normalized spacial score (nSPS) is 20.6. The molecular formula is C11H9BrO2. The fourth-order valence-electron chi connectivity index (χ4n) is 1.41. The van der Waals surface area contributed by atoms with Crippen LogP contribution in [0.25, 0.3) is 0 Å². The summed E-state index contributed by atoms with van der Waals surface area (Å²) in [5, 5.41) is 0. The fourth-order valence-corrected chi connectivity index (χ4v) is 1.83. The molecule has 2 rings (SSSR count). The lowest BCUT2D eigenvalue weighted by Crippen LogP contribution is -2.11. The summed E-state index contributed by atoms with van der Waals surface area (Å²) in [6.07, 6.45) is 3.23. The monoisotopic (exact) mass is 252 g/mol. The molecule has 0 saturated heterocycles. The topological polar surface area (TPSA) is 26.3 Å². The molecule has 0 aromatic heterocycles. The van der Waals surface area contributed by atoms with Crippen molar-refractivity contribution in [1.82, 2.24) is 0 Å². The van der Waals surface area contributed by atoms with Gasteiger partial charge < -0.3 is 4.74 Å². The molecule has 0 N–H and O–H groups in total. The van der Waals surface area contributed by atoms with Crippen molar-refractivity contribution in [2.75, 3.05) is 0 Å². The number of allylic oxidation sites excluding steroid dienone is 1. The maximum atomic E-state index is 11.2. The molecule has 0 aliphatic carbocycles. The van der Waals surface area contributed by atoms with Crippen LogP contribution in [-0.4, -0.2) is 5.78 Å². The van der Waals surface area contributed by atoms with Gasteiger partial charge in [-0.3, -0.25) is 4.79 Å². The van der Waals surface area contributed by atoms with Gasteiger partial charge in [0.25, 0.3) is 0 Å². The van der Waals surface area contributed by atoms with Crippen molar-refractivity contribution in [3.05, 3.63) is 46.6 Å². The van der Waals surface area contributed by atoms with Crippen LogP contribution in [-0.2, 0) is 9.53 Å².